The van der Waals surface area contributed by atoms with Crippen molar-refractivity contribution in [2.24, 2.45) is 0 Å². The summed E-state index contributed by atoms with van der Waals surface area (Å²) in [6, 6.07) is 4.78. The molecule has 0 heterocycles. The minimum Gasteiger partial charge on any atom is -0.494 e. The SMILES string of the molecule is CCOc1ccc(F)c(SC)c1. The van der Waals surface area contributed by atoms with E-state index in [2.05, 4.69) is 0 Å². The van der Waals surface area contributed by atoms with Crippen LogP contribution in [0.4, 0.5) is 4.39 Å². The van der Waals surface area contributed by atoms with Gasteiger partial charge in [-0.25, -0.2) is 4.39 Å². The zero-order valence-electron chi connectivity index (χ0n) is 7.13. The molecular weight excluding hydrogens is 175 g/mol. The van der Waals surface area contributed by atoms with Gasteiger partial charge in [0.2, 0.25) is 0 Å². The Morgan fingerprint density at radius 3 is 2.83 bits per heavy atom. The van der Waals surface area contributed by atoms with E-state index in [9.17, 15) is 4.39 Å². The topological polar surface area (TPSA) is 9.23 Å². The van der Waals surface area contributed by atoms with Crippen molar-refractivity contribution < 1.29 is 9.13 Å². The summed E-state index contributed by atoms with van der Waals surface area (Å²) in [6.45, 7) is 2.52. The number of rotatable bonds is 3. The molecule has 1 aromatic carbocycles. The molecular formula is C9H11FOS. The fraction of sp³-hybridized carbons (Fsp3) is 0.333. The Kier molecular flexibility index (Phi) is 3.41. The summed E-state index contributed by atoms with van der Waals surface area (Å²) >= 11 is 1.38. The minimum atomic E-state index is -0.189. The monoisotopic (exact) mass is 186 g/mol. The smallest absolute Gasteiger partial charge is 0.137 e. The number of hydrogen-bond acceptors (Lipinski definition) is 2. The Bertz CT molecular complexity index is 263. The fourth-order valence-electron chi connectivity index (χ4n) is 0.897. The largest absolute Gasteiger partial charge is 0.494 e. The first-order chi connectivity index (χ1) is 5.77. The standard InChI is InChI=1S/C9H11FOS/c1-3-11-7-4-5-8(10)9(6-7)12-2/h4-6H,3H2,1-2H3. The Hall–Kier alpha value is -0.700. The van der Waals surface area contributed by atoms with Crippen LogP contribution in [0.5, 0.6) is 5.75 Å². The first-order valence-electron chi connectivity index (χ1n) is 3.74. The highest BCUT2D eigenvalue weighted by Crippen LogP contribution is 2.24. The van der Waals surface area contributed by atoms with Gasteiger partial charge < -0.3 is 4.74 Å². The van der Waals surface area contributed by atoms with Crippen LogP contribution < -0.4 is 4.74 Å². The zero-order valence-corrected chi connectivity index (χ0v) is 7.95. The number of benzene rings is 1. The molecule has 3 heteroatoms. The van der Waals surface area contributed by atoms with Gasteiger partial charge >= 0.3 is 0 Å². The van der Waals surface area contributed by atoms with E-state index >= 15 is 0 Å². The second kappa shape index (κ2) is 4.36. The predicted octanol–water partition coefficient (Wildman–Crippen LogP) is 2.95. The van der Waals surface area contributed by atoms with Crippen LogP contribution in [0, 0.1) is 5.82 Å². The predicted molar refractivity (Wildman–Crippen MR) is 49.4 cm³/mol. The van der Waals surface area contributed by atoms with Gasteiger partial charge in [0.25, 0.3) is 0 Å². The van der Waals surface area contributed by atoms with Crippen LogP contribution in [0.15, 0.2) is 23.1 Å². The van der Waals surface area contributed by atoms with E-state index in [0.29, 0.717) is 11.5 Å². The number of hydrogen-bond donors (Lipinski definition) is 0. The maximum atomic E-state index is 12.9. The Balaban J connectivity index is 2.89. The summed E-state index contributed by atoms with van der Waals surface area (Å²) in [7, 11) is 0. The average molecular weight is 186 g/mol. The lowest BCUT2D eigenvalue weighted by molar-refractivity contribution is 0.338. The lowest BCUT2D eigenvalue weighted by atomic mass is 10.3. The van der Waals surface area contributed by atoms with E-state index in [1.165, 1.54) is 17.8 Å². The van der Waals surface area contributed by atoms with Crippen LogP contribution >= 0.6 is 11.8 Å². The van der Waals surface area contributed by atoms with Crippen molar-refractivity contribution >= 4 is 11.8 Å². The summed E-state index contributed by atoms with van der Waals surface area (Å²) < 4.78 is 18.2. The molecule has 66 valence electrons. The summed E-state index contributed by atoms with van der Waals surface area (Å²) in [4.78, 5) is 0.626. The maximum Gasteiger partial charge on any atom is 0.137 e. The zero-order chi connectivity index (χ0) is 8.97. The highest BCUT2D eigenvalue weighted by molar-refractivity contribution is 7.98. The molecule has 0 unspecified atom stereocenters. The van der Waals surface area contributed by atoms with Crippen LogP contribution in [-0.2, 0) is 0 Å². The Morgan fingerprint density at radius 1 is 1.50 bits per heavy atom. The van der Waals surface area contributed by atoms with Gasteiger partial charge in [0.15, 0.2) is 0 Å². The van der Waals surface area contributed by atoms with Gasteiger partial charge in [-0.15, -0.1) is 11.8 Å². The van der Waals surface area contributed by atoms with E-state index in [0.717, 1.165) is 5.75 Å². The normalized spacial score (nSPS) is 9.92. The van der Waals surface area contributed by atoms with Crippen LogP contribution in [0.3, 0.4) is 0 Å². The second-order valence-electron chi connectivity index (χ2n) is 2.23. The molecule has 0 aliphatic heterocycles. The van der Waals surface area contributed by atoms with Crippen molar-refractivity contribution in [1.82, 2.24) is 0 Å². The number of halogens is 1. The third-order valence-corrected chi connectivity index (χ3v) is 2.19. The minimum absolute atomic E-state index is 0.189. The van der Waals surface area contributed by atoms with E-state index in [1.54, 1.807) is 12.1 Å². The average Bonchev–Trinajstić information content (AvgIpc) is 2.09. The van der Waals surface area contributed by atoms with Gasteiger partial charge in [-0.1, -0.05) is 0 Å². The second-order valence-corrected chi connectivity index (χ2v) is 3.08. The van der Waals surface area contributed by atoms with E-state index < -0.39 is 0 Å². The fourth-order valence-corrected chi connectivity index (χ4v) is 1.39. The molecule has 0 aliphatic rings. The van der Waals surface area contributed by atoms with Crippen LogP contribution in [0.25, 0.3) is 0 Å². The van der Waals surface area contributed by atoms with E-state index in [1.807, 2.05) is 13.2 Å². The third-order valence-electron chi connectivity index (χ3n) is 1.43. The summed E-state index contributed by atoms with van der Waals surface area (Å²) in [6.07, 6.45) is 1.84. The van der Waals surface area contributed by atoms with Gasteiger partial charge in [0.1, 0.15) is 11.6 Å². The van der Waals surface area contributed by atoms with E-state index in [4.69, 9.17) is 4.74 Å². The summed E-state index contributed by atoms with van der Waals surface area (Å²) in [5.41, 5.74) is 0. The lowest BCUT2D eigenvalue weighted by Gasteiger charge is -2.04. The first kappa shape index (κ1) is 9.39. The van der Waals surface area contributed by atoms with Crippen molar-refractivity contribution in [1.29, 1.82) is 0 Å². The van der Waals surface area contributed by atoms with Crippen molar-refractivity contribution in [3.8, 4) is 5.75 Å². The Labute approximate surface area is 75.9 Å². The molecule has 1 nitrogen and oxygen atoms in total. The molecule has 0 saturated heterocycles. The lowest BCUT2D eigenvalue weighted by Crippen LogP contribution is -1.92. The molecule has 0 radical (unpaired) electrons. The molecule has 0 spiro atoms. The van der Waals surface area contributed by atoms with Gasteiger partial charge in [-0.05, 0) is 31.4 Å². The first-order valence-corrected chi connectivity index (χ1v) is 4.96. The van der Waals surface area contributed by atoms with Crippen LogP contribution in [-0.4, -0.2) is 12.9 Å². The van der Waals surface area contributed by atoms with Crippen molar-refractivity contribution in [3.05, 3.63) is 24.0 Å². The number of ether oxygens (including phenoxy) is 1. The molecule has 0 bridgehead atoms. The molecule has 0 aliphatic carbocycles. The van der Waals surface area contributed by atoms with Crippen molar-refractivity contribution in [3.63, 3.8) is 0 Å². The molecule has 1 rings (SSSR count). The molecule has 0 fully saturated rings. The Morgan fingerprint density at radius 2 is 2.25 bits per heavy atom. The van der Waals surface area contributed by atoms with Crippen LogP contribution in [0.2, 0.25) is 0 Å². The molecule has 0 amide bonds. The molecule has 1 aromatic rings. The third kappa shape index (κ3) is 2.14. The molecule has 0 atom stereocenters. The maximum absolute atomic E-state index is 12.9. The molecule has 12 heavy (non-hydrogen) atoms. The highest BCUT2D eigenvalue weighted by Gasteiger charge is 2.01. The van der Waals surface area contributed by atoms with Crippen LogP contribution in [0.1, 0.15) is 6.92 Å². The van der Waals surface area contributed by atoms with Gasteiger partial charge in [-0.3, -0.25) is 0 Å². The quantitative estimate of drug-likeness (QED) is 0.671. The molecule has 0 saturated carbocycles. The van der Waals surface area contributed by atoms with Crippen molar-refractivity contribution in [2.75, 3.05) is 12.9 Å². The molecule has 0 N–H and O–H groups in total. The summed E-state index contributed by atoms with van der Waals surface area (Å²) in [5, 5.41) is 0. The molecule has 0 aromatic heterocycles. The summed E-state index contributed by atoms with van der Waals surface area (Å²) in [5.74, 6) is 0.536. The van der Waals surface area contributed by atoms with Gasteiger partial charge in [-0.2, -0.15) is 0 Å². The number of thioether (sulfide) groups is 1. The van der Waals surface area contributed by atoms with E-state index in [-0.39, 0.29) is 5.82 Å². The van der Waals surface area contributed by atoms with Gasteiger partial charge in [0.05, 0.1) is 6.61 Å². The van der Waals surface area contributed by atoms with Crippen molar-refractivity contribution in [2.45, 2.75) is 11.8 Å². The van der Waals surface area contributed by atoms with Gasteiger partial charge in [0, 0.05) is 4.90 Å². The highest BCUT2D eigenvalue weighted by atomic mass is 32.2.